The lowest BCUT2D eigenvalue weighted by Gasteiger charge is -2.16. The highest BCUT2D eigenvalue weighted by Gasteiger charge is 2.16. The lowest BCUT2D eigenvalue weighted by Crippen LogP contribution is -2.04. The molecule has 0 N–H and O–H groups in total. The number of rotatable bonds is 11. The number of aromatic nitrogens is 2. The molecule has 270 valence electrons. The van der Waals surface area contributed by atoms with E-state index >= 15 is 0 Å². The summed E-state index contributed by atoms with van der Waals surface area (Å²) in [5.74, 6) is 1.15. The van der Waals surface area contributed by atoms with Gasteiger partial charge in [-0.05, 0) is 106 Å². The first-order chi connectivity index (χ1) is 26.4. The second-order valence-corrected chi connectivity index (χ2v) is 13.6. The fourth-order valence-electron chi connectivity index (χ4n) is 5.63. The number of hydrogen-bond donors (Lipinski definition) is 0. The Morgan fingerprint density at radius 2 is 1.15 bits per heavy atom. The van der Waals surface area contributed by atoms with Crippen molar-refractivity contribution in [2.45, 2.75) is 20.1 Å². The summed E-state index contributed by atoms with van der Waals surface area (Å²) in [6, 6.07) is 42.5. The highest BCUT2D eigenvalue weighted by Crippen LogP contribution is 2.39. The molecule has 2 heterocycles. The van der Waals surface area contributed by atoms with E-state index in [4.69, 9.17) is 37.4 Å². The first-order valence-electron chi connectivity index (χ1n) is 17.1. The van der Waals surface area contributed by atoms with E-state index in [-0.39, 0.29) is 5.97 Å². The van der Waals surface area contributed by atoms with Crippen LogP contribution in [0.15, 0.2) is 163 Å². The Hall–Kier alpha value is -5.47. The quantitative estimate of drug-likeness (QED) is 0.121. The predicted octanol–water partition coefficient (Wildman–Crippen LogP) is 12.6. The van der Waals surface area contributed by atoms with Gasteiger partial charge in [-0.2, -0.15) is 0 Å². The number of esters is 1. The zero-order chi connectivity index (χ0) is 37.7. The Morgan fingerprint density at radius 3 is 1.72 bits per heavy atom. The molecule has 0 unspecified atom stereocenters. The van der Waals surface area contributed by atoms with Gasteiger partial charge in [-0.1, -0.05) is 96.0 Å². The monoisotopic (exact) mass is 816 g/mol. The number of pyridine rings is 2. The van der Waals surface area contributed by atoms with E-state index in [2.05, 4.69) is 25.9 Å². The van der Waals surface area contributed by atoms with E-state index in [1.54, 1.807) is 37.8 Å². The third-order valence-electron chi connectivity index (χ3n) is 8.22. The molecule has 0 atom stereocenters. The van der Waals surface area contributed by atoms with E-state index in [1.807, 2.05) is 127 Å². The Labute approximate surface area is 333 Å². The first-order valence-corrected chi connectivity index (χ1v) is 18.7. The van der Waals surface area contributed by atoms with Crippen LogP contribution in [0, 0.1) is 0 Å². The number of carbonyl (C=O) groups excluding carboxylic acids is 1. The zero-order valence-corrected chi connectivity index (χ0v) is 32.4. The van der Waals surface area contributed by atoms with Gasteiger partial charge in [0.25, 0.3) is 0 Å². The van der Waals surface area contributed by atoms with E-state index in [9.17, 15) is 4.79 Å². The minimum Gasteiger partial charge on any atom is -0.488 e. The minimum atomic E-state index is -0.352. The molecule has 0 spiro atoms. The fourth-order valence-corrected chi connectivity index (χ4v) is 6.44. The van der Waals surface area contributed by atoms with E-state index in [0.29, 0.717) is 41.2 Å². The van der Waals surface area contributed by atoms with Crippen LogP contribution in [0.4, 0.5) is 0 Å². The summed E-state index contributed by atoms with van der Waals surface area (Å²) in [7, 11) is 0. The van der Waals surface area contributed by atoms with Crippen LogP contribution in [0.25, 0.3) is 33.4 Å². The van der Waals surface area contributed by atoms with Crippen LogP contribution in [0.2, 0.25) is 10.0 Å². The molecule has 5 aromatic carbocycles. The lowest BCUT2D eigenvalue weighted by atomic mass is 9.95. The summed E-state index contributed by atoms with van der Waals surface area (Å²) in [5, 5.41) is 1.28. The molecule has 0 bridgehead atoms. The van der Waals surface area contributed by atoms with Crippen LogP contribution in [0.1, 0.15) is 28.4 Å². The van der Waals surface area contributed by atoms with Crippen molar-refractivity contribution in [2.75, 3.05) is 6.61 Å². The van der Waals surface area contributed by atoms with Gasteiger partial charge in [-0.15, -0.1) is 0 Å². The van der Waals surface area contributed by atoms with Crippen LogP contribution in [0.5, 0.6) is 11.5 Å². The highest BCUT2D eigenvalue weighted by atomic mass is 79.9. The standard InChI is InChI=1S/C27H22ClNO3.C18H13BrClNO/c1-2-31-27(30)21-10-6-9-20(15-21)25-17-29-14-13-23(25)24-16-22(28)11-12-26(24)32-18-19-7-4-3-5-8-19;19-17-11-21-9-8-15(17)16-10-14(20)6-7-18(16)22-12-13-4-2-1-3-5-13/h3-17H,2,18H2,1H3;1-11H,12H2. The van der Waals surface area contributed by atoms with E-state index in [0.717, 1.165) is 54.7 Å². The molecular weight excluding hydrogens is 783 g/mol. The summed E-state index contributed by atoms with van der Waals surface area (Å²) in [6.45, 7) is 3.06. The maximum Gasteiger partial charge on any atom is 0.338 e. The van der Waals surface area contributed by atoms with Crippen molar-refractivity contribution in [3.8, 4) is 44.9 Å². The minimum absolute atomic E-state index is 0.325. The average molecular weight is 819 g/mol. The summed E-state index contributed by atoms with van der Waals surface area (Å²) in [5.41, 5.74) is 8.11. The molecule has 7 aromatic rings. The SMILES string of the molecule is CCOC(=O)c1cccc(-c2cnccc2-c2cc(Cl)ccc2OCc2ccccc2)c1.Clc1ccc(OCc2ccccc2)c(-c2ccncc2Br)c1. The summed E-state index contributed by atoms with van der Waals surface area (Å²) in [6.07, 6.45) is 7.02. The number of benzene rings is 5. The molecule has 9 heteroatoms. The van der Waals surface area contributed by atoms with Crippen molar-refractivity contribution in [2.24, 2.45) is 0 Å². The van der Waals surface area contributed by atoms with Crippen LogP contribution >= 0.6 is 39.1 Å². The number of ether oxygens (including phenoxy) is 3. The molecule has 6 nitrogen and oxygen atoms in total. The normalized spacial score (nSPS) is 10.5. The van der Waals surface area contributed by atoms with Gasteiger partial charge in [0.1, 0.15) is 24.7 Å². The van der Waals surface area contributed by atoms with Crippen LogP contribution in [-0.2, 0) is 18.0 Å². The third-order valence-corrected chi connectivity index (χ3v) is 9.32. The second-order valence-electron chi connectivity index (χ2n) is 11.9. The highest BCUT2D eigenvalue weighted by molar-refractivity contribution is 9.10. The van der Waals surface area contributed by atoms with Gasteiger partial charge in [0, 0.05) is 61.6 Å². The van der Waals surface area contributed by atoms with Gasteiger partial charge in [-0.3, -0.25) is 9.97 Å². The van der Waals surface area contributed by atoms with Crippen molar-refractivity contribution in [3.05, 3.63) is 189 Å². The number of carbonyl (C=O) groups is 1. The molecule has 0 saturated heterocycles. The van der Waals surface area contributed by atoms with Crippen molar-refractivity contribution >= 4 is 45.1 Å². The summed E-state index contributed by atoms with van der Waals surface area (Å²) in [4.78, 5) is 20.6. The molecule has 2 aromatic heterocycles. The molecule has 54 heavy (non-hydrogen) atoms. The molecule has 0 saturated carbocycles. The van der Waals surface area contributed by atoms with Gasteiger partial charge in [0.15, 0.2) is 0 Å². The topological polar surface area (TPSA) is 70.5 Å². The number of hydrogen-bond acceptors (Lipinski definition) is 6. The number of nitrogens with zero attached hydrogens (tertiary/aromatic N) is 2. The van der Waals surface area contributed by atoms with Crippen molar-refractivity contribution in [1.82, 2.24) is 9.97 Å². The maximum absolute atomic E-state index is 12.2. The predicted molar refractivity (Wildman–Crippen MR) is 220 cm³/mol. The maximum atomic E-state index is 12.2. The molecule has 0 aliphatic rings. The Kier molecular flexibility index (Phi) is 13.5. The number of halogens is 3. The van der Waals surface area contributed by atoms with E-state index in [1.165, 1.54) is 0 Å². The van der Waals surface area contributed by atoms with Gasteiger partial charge < -0.3 is 14.2 Å². The van der Waals surface area contributed by atoms with Crippen LogP contribution < -0.4 is 9.47 Å². The van der Waals surface area contributed by atoms with Gasteiger partial charge in [0.05, 0.1) is 12.2 Å². The second kappa shape index (κ2) is 19.0. The third kappa shape index (κ3) is 10.1. The van der Waals surface area contributed by atoms with Gasteiger partial charge in [-0.25, -0.2) is 4.79 Å². The van der Waals surface area contributed by atoms with E-state index < -0.39 is 0 Å². The smallest absolute Gasteiger partial charge is 0.338 e. The van der Waals surface area contributed by atoms with Crippen LogP contribution in [0.3, 0.4) is 0 Å². The Morgan fingerprint density at radius 1 is 0.593 bits per heavy atom. The van der Waals surface area contributed by atoms with Crippen LogP contribution in [-0.4, -0.2) is 22.5 Å². The molecule has 0 aliphatic carbocycles. The summed E-state index contributed by atoms with van der Waals surface area (Å²) < 4.78 is 18.2. The van der Waals surface area contributed by atoms with Crippen molar-refractivity contribution in [1.29, 1.82) is 0 Å². The zero-order valence-electron chi connectivity index (χ0n) is 29.3. The van der Waals surface area contributed by atoms with Gasteiger partial charge >= 0.3 is 5.97 Å². The molecule has 7 rings (SSSR count). The lowest BCUT2D eigenvalue weighted by molar-refractivity contribution is 0.0526. The average Bonchev–Trinajstić information content (AvgIpc) is 3.21. The van der Waals surface area contributed by atoms with Crippen molar-refractivity contribution < 1.29 is 19.0 Å². The Balaban J connectivity index is 0.000000197. The molecular formula is C45H35BrCl2N2O4. The molecule has 0 radical (unpaired) electrons. The van der Waals surface area contributed by atoms with Gasteiger partial charge in [0.2, 0.25) is 0 Å². The van der Waals surface area contributed by atoms with Crippen molar-refractivity contribution in [3.63, 3.8) is 0 Å². The Bertz CT molecular complexity index is 2320. The summed E-state index contributed by atoms with van der Waals surface area (Å²) >= 11 is 16.0. The molecule has 0 amide bonds. The largest absolute Gasteiger partial charge is 0.488 e. The molecule has 0 fully saturated rings. The fraction of sp³-hybridized carbons (Fsp3) is 0.0889. The molecule has 0 aliphatic heterocycles. The first kappa shape index (κ1) is 38.3.